The molecule has 0 saturated carbocycles. The number of hydrogen-bond acceptors (Lipinski definition) is 4. The van der Waals surface area contributed by atoms with Crippen molar-refractivity contribution in [3.8, 4) is 0 Å². The smallest absolute Gasteiger partial charge is 0.251 e. The first-order valence-electron chi connectivity index (χ1n) is 10.3. The van der Waals surface area contributed by atoms with Crippen molar-refractivity contribution in [1.82, 2.24) is 4.90 Å². The molecule has 0 spiro atoms. The van der Waals surface area contributed by atoms with Crippen LogP contribution >= 0.6 is 11.6 Å². The van der Waals surface area contributed by atoms with E-state index in [-0.39, 0.29) is 36.0 Å². The summed E-state index contributed by atoms with van der Waals surface area (Å²) in [6, 6.07) is 12.0. The molecule has 0 bridgehead atoms. The van der Waals surface area contributed by atoms with E-state index >= 15 is 0 Å². The summed E-state index contributed by atoms with van der Waals surface area (Å²) < 4.78 is 13.3. The molecule has 3 amide bonds. The fourth-order valence-electron chi connectivity index (χ4n) is 4.47. The summed E-state index contributed by atoms with van der Waals surface area (Å²) in [5.74, 6) is -0.910. The standard InChI is InChI=1S/C23H23ClFN3O3/c1-15(29)27(18-8-4-17(25)5-9-18)20-10-12-26(13-11-20)21-14-22(30)28(23(21)31)19-6-2-16(24)3-7-19/h2-9,20-21H,10-14H2,1H3/t21-/m1/s1. The normalized spacial score (nSPS) is 20.4. The van der Waals surface area contributed by atoms with Gasteiger partial charge in [0, 0.05) is 36.8 Å². The Morgan fingerprint density at radius 1 is 1.03 bits per heavy atom. The Balaban J connectivity index is 1.44. The number of amides is 3. The van der Waals surface area contributed by atoms with Gasteiger partial charge in [-0.15, -0.1) is 0 Å². The van der Waals surface area contributed by atoms with Crippen LogP contribution in [0.4, 0.5) is 15.8 Å². The maximum atomic E-state index is 13.3. The van der Waals surface area contributed by atoms with Crippen LogP contribution in [0, 0.1) is 5.82 Å². The fraction of sp³-hybridized carbons (Fsp3) is 0.348. The van der Waals surface area contributed by atoms with Crippen molar-refractivity contribution >= 4 is 40.7 Å². The van der Waals surface area contributed by atoms with E-state index < -0.39 is 6.04 Å². The third kappa shape index (κ3) is 4.34. The van der Waals surface area contributed by atoms with Gasteiger partial charge in [0.1, 0.15) is 5.82 Å². The second-order valence-corrected chi connectivity index (χ2v) is 8.33. The molecule has 2 fully saturated rings. The summed E-state index contributed by atoms with van der Waals surface area (Å²) in [4.78, 5) is 42.8. The molecule has 0 radical (unpaired) electrons. The SMILES string of the molecule is CC(=O)N(c1ccc(F)cc1)C1CCN([C@@H]2CC(=O)N(c3ccc(Cl)cc3)C2=O)CC1. The molecule has 2 aliphatic heterocycles. The lowest BCUT2D eigenvalue weighted by Crippen LogP contribution is -2.51. The number of carbonyl (C=O) groups is 3. The highest BCUT2D eigenvalue weighted by Gasteiger charge is 2.44. The highest BCUT2D eigenvalue weighted by atomic mass is 35.5. The fourth-order valence-corrected chi connectivity index (χ4v) is 4.60. The van der Waals surface area contributed by atoms with Gasteiger partial charge in [0.15, 0.2) is 0 Å². The molecular weight excluding hydrogens is 421 g/mol. The molecule has 2 aromatic carbocycles. The van der Waals surface area contributed by atoms with E-state index in [0.29, 0.717) is 42.3 Å². The minimum absolute atomic E-state index is 0.0428. The molecule has 2 saturated heterocycles. The third-order valence-corrected chi connectivity index (χ3v) is 6.21. The van der Waals surface area contributed by atoms with Gasteiger partial charge in [0.05, 0.1) is 18.2 Å². The Hall–Kier alpha value is -2.77. The quantitative estimate of drug-likeness (QED) is 0.677. The van der Waals surface area contributed by atoms with Crippen LogP contribution in [0.3, 0.4) is 0 Å². The lowest BCUT2D eigenvalue weighted by molar-refractivity contribution is -0.123. The molecule has 8 heteroatoms. The number of carbonyl (C=O) groups excluding carboxylic acids is 3. The molecule has 0 N–H and O–H groups in total. The van der Waals surface area contributed by atoms with Crippen LogP contribution in [0.25, 0.3) is 0 Å². The number of anilines is 2. The van der Waals surface area contributed by atoms with Gasteiger partial charge >= 0.3 is 0 Å². The second-order valence-electron chi connectivity index (χ2n) is 7.90. The largest absolute Gasteiger partial charge is 0.310 e. The topological polar surface area (TPSA) is 60.9 Å². The molecule has 1 atom stereocenters. The van der Waals surface area contributed by atoms with E-state index in [0.717, 1.165) is 0 Å². The number of piperidine rings is 1. The first-order valence-corrected chi connectivity index (χ1v) is 10.6. The van der Waals surface area contributed by atoms with Crippen LogP contribution in [0.2, 0.25) is 5.02 Å². The summed E-state index contributed by atoms with van der Waals surface area (Å²) in [7, 11) is 0. The zero-order valence-corrected chi connectivity index (χ0v) is 17.9. The van der Waals surface area contributed by atoms with Crippen LogP contribution in [0.1, 0.15) is 26.2 Å². The van der Waals surface area contributed by atoms with Gasteiger partial charge in [-0.25, -0.2) is 9.29 Å². The summed E-state index contributed by atoms with van der Waals surface area (Å²) in [6.07, 6.45) is 1.46. The summed E-state index contributed by atoms with van der Waals surface area (Å²) in [5, 5.41) is 0.539. The van der Waals surface area contributed by atoms with E-state index in [9.17, 15) is 18.8 Å². The zero-order chi connectivity index (χ0) is 22.1. The summed E-state index contributed by atoms with van der Waals surface area (Å²) >= 11 is 5.91. The zero-order valence-electron chi connectivity index (χ0n) is 17.1. The number of likely N-dealkylation sites (tertiary alicyclic amines) is 1. The van der Waals surface area contributed by atoms with E-state index in [2.05, 4.69) is 0 Å². The van der Waals surface area contributed by atoms with Gasteiger partial charge in [-0.3, -0.25) is 19.3 Å². The molecule has 4 rings (SSSR count). The molecule has 162 valence electrons. The molecule has 0 unspecified atom stereocenters. The van der Waals surface area contributed by atoms with Crippen molar-refractivity contribution in [2.24, 2.45) is 0 Å². The van der Waals surface area contributed by atoms with Gasteiger partial charge in [-0.2, -0.15) is 0 Å². The van der Waals surface area contributed by atoms with Crippen molar-refractivity contribution in [3.05, 3.63) is 59.4 Å². The number of benzene rings is 2. The predicted octanol–water partition coefficient (Wildman–Crippen LogP) is 3.63. The first kappa shape index (κ1) is 21.5. The van der Waals surface area contributed by atoms with Gasteiger partial charge in [-0.05, 0) is 61.4 Å². The average molecular weight is 444 g/mol. The van der Waals surface area contributed by atoms with E-state index in [1.54, 1.807) is 41.3 Å². The molecule has 2 aliphatic rings. The first-order chi connectivity index (χ1) is 14.8. The van der Waals surface area contributed by atoms with Gasteiger partial charge in [0.2, 0.25) is 11.8 Å². The lowest BCUT2D eigenvalue weighted by Gasteiger charge is -2.39. The van der Waals surface area contributed by atoms with Crippen molar-refractivity contribution in [1.29, 1.82) is 0 Å². The Morgan fingerprint density at radius 3 is 2.23 bits per heavy atom. The highest BCUT2D eigenvalue weighted by molar-refractivity contribution is 6.30. The minimum atomic E-state index is -0.499. The molecule has 2 aromatic rings. The predicted molar refractivity (Wildman–Crippen MR) is 117 cm³/mol. The number of imide groups is 1. The Bertz CT molecular complexity index is 988. The highest BCUT2D eigenvalue weighted by Crippen LogP contribution is 2.30. The third-order valence-electron chi connectivity index (χ3n) is 5.96. The van der Waals surface area contributed by atoms with E-state index in [4.69, 9.17) is 11.6 Å². The number of halogens is 2. The monoisotopic (exact) mass is 443 g/mol. The minimum Gasteiger partial charge on any atom is -0.310 e. The van der Waals surface area contributed by atoms with Gasteiger partial charge in [-0.1, -0.05) is 11.6 Å². The second kappa shape index (κ2) is 8.77. The Kier molecular flexibility index (Phi) is 6.07. The van der Waals surface area contributed by atoms with Crippen molar-refractivity contribution in [2.75, 3.05) is 22.9 Å². The van der Waals surface area contributed by atoms with Crippen LogP contribution in [-0.2, 0) is 14.4 Å². The Labute approximate surface area is 185 Å². The van der Waals surface area contributed by atoms with E-state index in [1.165, 1.54) is 24.0 Å². The number of hydrogen-bond donors (Lipinski definition) is 0. The van der Waals surface area contributed by atoms with Crippen LogP contribution in [0.15, 0.2) is 48.5 Å². The molecule has 0 aromatic heterocycles. The van der Waals surface area contributed by atoms with Crippen molar-refractivity contribution in [2.45, 2.75) is 38.3 Å². The lowest BCUT2D eigenvalue weighted by atomic mass is 10.00. The summed E-state index contributed by atoms with van der Waals surface area (Å²) in [6.45, 7) is 2.68. The summed E-state index contributed by atoms with van der Waals surface area (Å²) in [5.41, 5.74) is 1.18. The van der Waals surface area contributed by atoms with Gasteiger partial charge in [0.25, 0.3) is 5.91 Å². The van der Waals surface area contributed by atoms with Crippen LogP contribution in [0.5, 0.6) is 0 Å². The van der Waals surface area contributed by atoms with Crippen molar-refractivity contribution in [3.63, 3.8) is 0 Å². The van der Waals surface area contributed by atoms with E-state index in [1.807, 2.05) is 4.90 Å². The maximum Gasteiger partial charge on any atom is 0.251 e. The van der Waals surface area contributed by atoms with Crippen molar-refractivity contribution < 1.29 is 18.8 Å². The molecule has 6 nitrogen and oxygen atoms in total. The Morgan fingerprint density at radius 2 is 1.65 bits per heavy atom. The molecular formula is C23H23ClFN3O3. The molecule has 2 heterocycles. The molecule has 31 heavy (non-hydrogen) atoms. The van der Waals surface area contributed by atoms with Crippen LogP contribution in [-0.4, -0.2) is 47.8 Å². The van der Waals surface area contributed by atoms with Gasteiger partial charge < -0.3 is 4.90 Å². The number of nitrogens with zero attached hydrogens (tertiary/aromatic N) is 3. The maximum absolute atomic E-state index is 13.3. The van der Waals surface area contributed by atoms with Crippen LogP contribution < -0.4 is 9.80 Å². The number of rotatable bonds is 4. The average Bonchev–Trinajstić information content (AvgIpc) is 3.05. The molecule has 0 aliphatic carbocycles.